The minimum Gasteiger partial charge on any atom is -0.445 e. The lowest BCUT2D eigenvalue weighted by Gasteiger charge is -2.10. The third-order valence-corrected chi connectivity index (χ3v) is 1.37. The molecule has 0 radical (unpaired) electrons. The predicted octanol–water partition coefficient (Wildman–Crippen LogP) is 1.27. The second kappa shape index (κ2) is 6.77. The quantitative estimate of drug-likeness (QED) is 0.689. The van der Waals surface area contributed by atoms with Crippen molar-refractivity contribution in [3.63, 3.8) is 0 Å². The molecule has 2 N–H and O–H groups in total. The van der Waals surface area contributed by atoms with Crippen molar-refractivity contribution in [1.29, 1.82) is 0 Å². The Bertz CT molecular complexity index is 255. The van der Waals surface area contributed by atoms with Gasteiger partial charge < -0.3 is 15.4 Å². The lowest BCUT2D eigenvalue weighted by molar-refractivity contribution is 0.128. The average Bonchev–Trinajstić information content (AvgIpc) is 2.14. The average molecular weight is 196 g/mol. The van der Waals surface area contributed by atoms with Gasteiger partial charge in [0.15, 0.2) is 0 Å². The van der Waals surface area contributed by atoms with E-state index in [1.165, 1.54) is 11.1 Å². The summed E-state index contributed by atoms with van der Waals surface area (Å²) in [4.78, 5) is 12.4. The maximum atomic E-state index is 11.1. The molecule has 4 heteroatoms. The van der Waals surface area contributed by atoms with E-state index in [2.05, 4.69) is 6.58 Å². The normalized spacial score (nSPS) is 11.4. The Morgan fingerprint density at radius 3 is 2.64 bits per heavy atom. The summed E-state index contributed by atoms with van der Waals surface area (Å²) in [6.07, 6.45) is 6.00. The number of allylic oxidation sites excluding steroid dienone is 2. The molecule has 0 aromatic carbocycles. The zero-order chi connectivity index (χ0) is 11.0. The number of hydrogen-bond acceptors (Lipinski definition) is 3. The molecule has 0 aliphatic rings. The summed E-state index contributed by atoms with van der Waals surface area (Å²) in [5, 5.41) is 0. The van der Waals surface area contributed by atoms with Crippen LogP contribution in [-0.2, 0) is 4.74 Å². The Balaban J connectivity index is 4.14. The predicted molar refractivity (Wildman–Crippen MR) is 56.6 cm³/mol. The van der Waals surface area contributed by atoms with E-state index < -0.39 is 0 Å². The molecule has 0 aliphatic heterocycles. The lowest BCUT2D eigenvalue weighted by atomic mass is 10.2. The van der Waals surface area contributed by atoms with Crippen molar-refractivity contribution in [3.8, 4) is 0 Å². The van der Waals surface area contributed by atoms with Gasteiger partial charge in [0.05, 0.1) is 0 Å². The van der Waals surface area contributed by atoms with Gasteiger partial charge in [-0.05, 0) is 17.8 Å². The largest absolute Gasteiger partial charge is 0.445 e. The molecule has 4 nitrogen and oxygen atoms in total. The van der Waals surface area contributed by atoms with Crippen molar-refractivity contribution in [2.24, 2.45) is 5.73 Å². The third kappa shape index (κ3) is 5.03. The maximum Gasteiger partial charge on any atom is 0.409 e. The molecular formula is C10H16N2O2. The third-order valence-electron chi connectivity index (χ3n) is 1.37. The van der Waals surface area contributed by atoms with Gasteiger partial charge in [0.25, 0.3) is 0 Å². The van der Waals surface area contributed by atoms with Crippen LogP contribution in [0.1, 0.15) is 0 Å². The summed E-state index contributed by atoms with van der Waals surface area (Å²) in [6, 6.07) is 0. The van der Waals surface area contributed by atoms with Crippen LogP contribution in [0.3, 0.4) is 0 Å². The van der Waals surface area contributed by atoms with Crippen LogP contribution < -0.4 is 5.73 Å². The molecule has 14 heavy (non-hydrogen) atoms. The first kappa shape index (κ1) is 12.3. The first-order valence-corrected chi connectivity index (χ1v) is 4.15. The first-order chi connectivity index (χ1) is 6.61. The summed E-state index contributed by atoms with van der Waals surface area (Å²) < 4.78 is 4.93. The maximum absolute atomic E-state index is 11.1. The molecule has 0 spiro atoms. The van der Waals surface area contributed by atoms with E-state index in [0.717, 1.165) is 5.57 Å². The Labute approximate surface area is 84.3 Å². The molecule has 0 aromatic heterocycles. The topological polar surface area (TPSA) is 55.6 Å². The van der Waals surface area contributed by atoms with Crippen molar-refractivity contribution in [3.05, 3.63) is 36.6 Å². The Morgan fingerprint density at radius 2 is 2.21 bits per heavy atom. The van der Waals surface area contributed by atoms with Gasteiger partial charge in [-0.3, -0.25) is 0 Å². The van der Waals surface area contributed by atoms with Gasteiger partial charge in [-0.2, -0.15) is 0 Å². The molecule has 1 amide bonds. The van der Waals surface area contributed by atoms with Crippen LogP contribution >= 0.6 is 0 Å². The summed E-state index contributed by atoms with van der Waals surface area (Å²) in [7, 11) is 3.25. The molecule has 0 aromatic rings. The second-order valence-electron chi connectivity index (χ2n) is 2.79. The summed E-state index contributed by atoms with van der Waals surface area (Å²) in [6.45, 7) is 3.73. The van der Waals surface area contributed by atoms with Crippen LogP contribution in [0.2, 0.25) is 0 Å². The van der Waals surface area contributed by atoms with Gasteiger partial charge in [-0.25, -0.2) is 4.79 Å². The smallest absolute Gasteiger partial charge is 0.409 e. The summed E-state index contributed by atoms with van der Waals surface area (Å²) in [5.41, 5.74) is 6.01. The molecule has 0 rings (SSSR count). The number of amides is 1. The highest BCUT2D eigenvalue weighted by atomic mass is 16.6. The lowest BCUT2D eigenvalue weighted by Crippen LogP contribution is -2.23. The van der Waals surface area contributed by atoms with E-state index in [1.54, 1.807) is 32.3 Å². The van der Waals surface area contributed by atoms with Gasteiger partial charge in [-0.15, -0.1) is 0 Å². The van der Waals surface area contributed by atoms with Crippen molar-refractivity contribution in [2.45, 2.75) is 0 Å². The number of nitrogens with two attached hydrogens (primary N) is 1. The van der Waals surface area contributed by atoms with Crippen LogP contribution in [-0.4, -0.2) is 31.7 Å². The van der Waals surface area contributed by atoms with Crippen molar-refractivity contribution in [2.75, 3.05) is 20.7 Å². The Kier molecular flexibility index (Phi) is 5.94. The van der Waals surface area contributed by atoms with E-state index in [0.29, 0.717) is 0 Å². The number of rotatable bonds is 4. The SMILES string of the molecule is C=C/C=C(\C=C/N)COC(=O)N(C)C. The zero-order valence-electron chi connectivity index (χ0n) is 8.56. The number of carbonyl (C=O) groups is 1. The van der Waals surface area contributed by atoms with Gasteiger partial charge in [-0.1, -0.05) is 18.7 Å². The fraction of sp³-hybridized carbons (Fsp3) is 0.300. The Morgan fingerprint density at radius 1 is 1.57 bits per heavy atom. The molecule has 0 atom stereocenters. The highest BCUT2D eigenvalue weighted by Crippen LogP contribution is 1.99. The minimum absolute atomic E-state index is 0.191. The van der Waals surface area contributed by atoms with E-state index >= 15 is 0 Å². The molecule has 0 bridgehead atoms. The van der Waals surface area contributed by atoms with Crippen LogP contribution in [0.4, 0.5) is 4.79 Å². The number of ether oxygens (including phenoxy) is 1. The molecule has 0 heterocycles. The fourth-order valence-corrected chi connectivity index (χ4v) is 0.701. The van der Waals surface area contributed by atoms with Gasteiger partial charge in [0.1, 0.15) is 6.61 Å². The van der Waals surface area contributed by atoms with Crippen LogP contribution in [0, 0.1) is 0 Å². The zero-order valence-corrected chi connectivity index (χ0v) is 8.56. The molecular weight excluding hydrogens is 180 g/mol. The van der Waals surface area contributed by atoms with Crippen molar-refractivity contribution >= 4 is 6.09 Å². The Hall–Kier alpha value is -1.71. The van der Waals surface area contributed by atoms with Crippen LogP contribution in [0.5, 0.6) is 0 Å². The second-order valence-corrected chi connectivity index (χ2v) is 2.79. The standard InChI is InChI=1S/C10H16N2O2/c1-4-5-9(6-7-11)8-14-10(13)12(2)3/h4-7H,1,8,11H2,2-3H3/b7-6-,9-5+. The minimum atomic E-state index is -0.384. The monoisotopic (exact) mass is 196 g/mol. The molecule has 0 unspecified atom stereocenters. The van der Waals surface area contributed by atoms with E-state index in [4.69, 9.17) is 10.5 Å². The molecule has 0 fully saturated rings. The van der Waals surface area contributed by atoms with E-state index in [1.807, 2.05) is 0 Å². The summed E-state index contributed by atoms with van der Waals surface area (Å²) in [5.74, 6) is 0. The van der Waals surface area contributed by atoms with Crippen LogP contribution in [0.25, 0.3) is 0 Å². The van der Waals surface area contributed by atoms with Crippen LogP contribution in [0.15, 0.2) is 36.6 Å². The molecule has 0 aliphatic carbocycles. The van der Waals surface area contributed by atoms with Crippen molar-refractivity contribution in [1.82, 2.24) is 4.90 Å². The van der Waals surface area contributed by atoms with E-state index in [9.17, 15) is 4.79 Å². The fourth-order valence-electron chi connectivity index (χ4n) is 0.701. The first-order valence-electron chi connectivity index (χ1n) is 4.15. The number of hydrogen-bond donors (Lipinski definition) is 1. The highest BCUT2D eigenvalue weighted by Gasteiger charge is 2.04. The van der Waals surface area contributed by atoms with E-state index in [-0.39, 0.29) is 12.7 Å². The molecule has 0 saturated carbocycles. The molecule has 0 saturated heterocycles. The van der Waals surface area contributed by atoms with Gasteiger partial charge in [0.2, 0.25) is 0 Å². The number of nitrogens with zero attached hydrogens (tertiary/aromatic N) is 1. The van der Waals surface area contributed by atoms with Gasteiger partial charge in [0, 0.05) is 14.1 Å². The van der Waals surface area contributed by atoms with Gasteiger partial charge >= 0.3 is 6.09 Å². The summed E-state index contributed by atoms with van der Waals surface area (Å²) >= 11 is 0. The highest BCUT2D eigenvalue weighted by molar-refractivity contribution is 5.67. The molecule has 78 valence electrons. The number of carbonyl (C=O) groups excluding carboxylic acids is 1. The van der Waals surface area contributed by atoms with Crippen molar-refractivity contribution < 1.29 is 9.53 Å².